The quantitative estimate of drug-likeness (QED) is 0.868. The van der Waals surface area contributed by atoms with E-state index in [-0.39, 0.29) is 0 Å². The number of hydrogen-bond donors (Lipinski definition) is 1. The Balaban J connectivity index is 2.21. The summed E-state index contributed by atoms with van der Waals surface area (Å²) in [6, 6.07) is 7.51. The van der Waals surface area contributed by atoms with Crippen molar-refractivity contribution in [1.82, 2.24) is 9.97 Å². The Morgan fingerprint density at radius 2 is 2.16 bits per heavy atom. The first-order valence-corrected chi connectivity index (χ1v) is 7.06. The molecule has 1 heterocycles. The molecule has 100 valence electrons. The van der Waals surface area contributed by atoms with Crippen LogP contribution in [0, 0.1) is 0 Å². The molecule has 0 radical (unpaired) electrons. The third-order valence-corrected chi connectivity index (χ3v) is 3.20. The van der Waals surface area contributed by atoms with Crippen molar-refractivity contribution in [3.05, 3.63) is 40.0 Å². The molecule has 1 N–H and O–H groups in total. The van der Waals surface area contributed by atoms with Crippen molar-refractivity contribution in [3.8, 4) is 11.6 Å². The molecule has 0 spiro atoms. The molecular weight excluding hydrogens is 330 g/mol. The van der Waals surface area contributed by atoms with Gasteiger partial charge in [-0.15, -0.1) is 0 Å². The number of aromatic nitrogens is 2. The molecule has 0 bridgehead atoms. The van der Waals surface area contributed by atoms with E-state index < -0.39 is 0 Å². The van der Waals surface area contributed by atoms with Gasteiger partial charge in [-0.05, 0) is 34.5 Å². The van der Waals surface area contributed by atoms with Crippen LogP contribution in [0.5, 0.6) is 11.6 Å². The van der Waals surface area contributed by atoms with Crippen LogP contribution in [-0.4, -0.2) is 16.5 Å². The summed E-state index contributed by atoms with van der Waals surface area (Å²) < 4.78 is 6.53. The summed E-state index contributed by atoms with van der Waals surface area (Å²) in [7, 11) is 0. The SMILES string of the molecule is CCCNc1ncc(Cl)c(Oc2ccccc2Br)n1. The fraction of sp³-hybridized carbons (Fsp3) is 0.231. The highest BCUT2D eigenvalue weighted by Crippen LogP contribution is 2.32. The van der Waals surface area contributed by atoms with Gasteiger partial charge in [-0.3, -0.25) is 0 Å². The summed E-state index contributed by atoms with van der Waals surface area (Å²) in [5.41, 5.74) is 0. The predicted molar refractivity (Wildman–Crippen MR) is 80.0 cm³/mol. The summed E-state index contributed by atoms with van der Waals surface area (Å²) in [5.74, 6) is 1.50. The van der Waals surface area contributed by atoms with Crippen LogP contribution in [-0.2, 0) is 0 Å². The van der Waals surface area contributed by atoms with E-state index in [0.29, 0.717) is 22.6 Å². The zero-order valence-electron chi connectivity index (χ0n) is 10.4. The first-order valence-electron chi connectivity index (χ1n) is 5.89. The minimum absolute atomic E-state index is 0.335. The average molecular weight is 343 g/mol. The third-order valence-electron chi connectivity index (χ3n) is 2.29. The Hall–Kier alpha value is -1.33. The smallest absolute Gasteiger partial charge is 0.243 e. The number of benzene rings is 1. The number of nitrogens with zero attached hydrogens (tertiary/aromatic N) is 2. The van der Waals surface area contributed by atoms with Crippen molar-refractivity contribution in [2.75, 3.05) is 11.9 Å². The van der Waals surface area contributed by atoms with Crippen LogP contribution in [0.2, 0.25) is 5.02 Å². The molecule has 0 amide bonds. The van der Waals surface area contributed by atoms with E-state index in [1.54, 1.807) is 0 Å². The number of anilines is 1. The average Bonchev–Trinajstić information content (AvgIpc) is 2.42. The Morgan fingerprint density at radius 3 is 2.89 bits per heavy atom. The van der Waals surface area contributed by atoms with Gasteiger partial charge in [0.2, 0.25) is 11.8 Å². The first kappa shape index (κ1) is 14.1. The van der Waals surface area contributed by atoms with E-state index >= 15 is 0 Å². The van der Waals surface area contributed by atoms with Crippen LogP contribution in [0.25, 0.3) is 0 Å². The van der Waals surface area contributed by atoms with Gasteiger partial charge in [0, 0.05) is 6.54 Å². The highest BCUT2D eigenvalue weighted by Gasteiger charge is 2.09. The second-order valence-electron chi connectivity index (χ2n) is 3.81. The van der Waals surface area contributed by atoms with Gasteiger partial charge in [-0.25, -0.2) is 4.98 Å². The lowest BCUT2D eigenvalue weighted by Crippen LogP contribution is -2.04. The maximum absolute atomic E-state index is 6.04. The summed E-state index contributed by atoms with van der Waals surface area (Å²) in [6.07, 6.45) is 2.52. The van der Waals surface area contributed by atoms with Gasteiger partial charge in [-0.1, -0.05) is 30.7 Å². The number of ether oxygens (including phenoxy) is 1. The van der Waals surface area contributed by atoms with Crippen LogP contribution < -0.4 is 10.1 Å². The maximum Gasteiger partial charge on any atom is 0.243 e. The van der Waals surface area contributed by atoms with Crippen LogP contribution in [0.3, 0.4) is 0 Å². The van der Waals surface area contributed by atoms with Gasteiger partial charge in [0.15, 0.2) is 0 Å². The van der Waals surface area contributed by atoms with Crippen molar-refractivity contribution in [3.63, 3.8) is 0 Å². The van der Waals surface area contributed by atoms with Gasteiger partial charge >= 0.3 is 0 Å². The van der Waals surface area contributed by atoms with Crippen LogP contribution in [0.15, 0.2) is 34.9 Å². The van der Waals surface area contributed by atoms with Crippen molar-refractivity contribution in [2.24, 2.45) is 0 Å². The van der Waals surface area contributed by atoms with E-state index in [4.69, 9.17) is 16.3 Å². The van der Waals surface area contributed by atoms with Gasteiger partial charge in [-0.2, -0.15) is 4.98 Å². The normalized spacial score (nSPS) is 10.3. The highest BCUT2D eigenvalue weighted by atomic mass is 79.9. The standard InChI is InChI=1S/C13H13BrClN3O/c1-2-7-16-13-17-8-10(15)12(18-13)19-11-6-4-3-5-9(11)14/h3-6,8H,2,7H2,1H3,(H,16,17,18). The van der Waals surface area contributed by atoms with E-state index in [9.17, 15) is 0 Å². The topological polar surface area (TPSA) is 47.0 Å². The molecule has 0 aliphatic rings. The Kier molecular flexibility index (Phi) is 4.99. The van der Waals surface area contributed by atoms with Gasteiger partial charge in [0.1, 0.15) is 10.8 Å². The molecule has 2 rings (SSSR count). The summed E-state index contributed by atoms with van der Waals surface area (Å²) >= 11 is 9.45. The van der Waals surface area contributed by atoms with Crippen LogP contribution in [0.1, 0.15) is 13.3 Å². The van der Waals surface area contributed by atoms with E-state index in [2.05, 4.69) is 38.1 Å². The first-order chi connectivity index (χ1) is 9.20. The minimum Gasteiger partial charge on any atom is -0.436 e. The molecule has 4 nitrogen and oxygen atoms in total. The molecule has 0 aliphatic carbocycles. The lowest BCUT2D eigenvalue weighted by molar-refractivity contribution is 0.460. The van der Waals surface area contributed by atoms with Crippen molar-refractivity contribution in [2.45, 2.75) is 13.3 Å². The monoisotopic (exact) mass is 341 g/mol. The lowest BCUT2D eigenvalue weighted by Gasteiger charge is -2.09. The maximum atomic E-state index is 6.04. The lowest BCUT2D eigenvalue weighted by atomic mass is 10.3. The zero-order chi connectivity index (χ0) is 13.7. The summed E-state index contributed by atoms with van der Waals surface area (Å²) in [4.78, 5) is 8.34. The third kappa shape index (κ3) is 3.81. The van der Waals surface area contributed by atoms with Crippen LogP contribution >= 0.6 is 27.5 Å². The highest BCUT2D eigenvalue weighted by molar-refractivity contribution is 9.10. The Labute approximate surface area is 125 Å². The van der Waals surface area contributed by atoms with E-state index in [1.165, 1.54) is 6.20 Å². The summed E-state index contributed by atoms with van der Waals surface area (Å²) in [6.45, 7) is 2.87. The molecule has 19 heavy (non-hydrogen) atoms. The molecule has 0 fully saturated rings. The number of rotatable bonds is 5. The molecule has 0 unspecified atom stereocenters. The molecule has 0 atom stereocenters. The minimum atomic E-state index is 0.335. The van der Waals surface area contributed by atoms with Gasteiger partial charge in [0.25, 0.3) is 0 Å². The predicted octanol–water partition coefficient (Wildman–Crippen LogP) is 4.51. The molecule has 6 heteroatoms. The zero-order valence-corrected chi connectivity index (χ0v) is 12.7. The number of nitrogens with one attached hydrogen (secondary N) is 1. The van der Waals surface area contributed by atoms with E-state index in [0.717, 1.165) is 17.4 Å². The van der Waals surface area contributed by atoms with Gasteiger partial charge in [0.05, 0.1) is 10.7 Å². The Bertz CT molecular complexity index is 565. The molecule has 0 aliphatic heterocycles. The van der Waals surface area contributed by atoms with E-state index in [1.807, 2.05) is 24.3 Å². The number of hydrogen-bond acceptors (Lipinski definition) is 4. The molecular formula is C13H13BrClN3O. The summed E-state index contributed by atoms with van der Waals surface area (Å²) in [5, 5.41) is 3.46. The molecule has 0 saturated heterocycles. The van der Waals surface area contributed by atoms with Crippen molar-refractivity contribution in [1.29, 1.82) is 0 Å². The largest absolute Gasteiger partial charge is 0.436 e. The fourth-order valence-electron chi connectivity index (χ4n) is 1.38. The number of halogens is 2. The molecule has 1 aromatic carbocycles. The van der Waals surface area contributed by atoms with Crippen molar-refractivity contribution >= 4 is 33.5 Å². The fourth-order valence-corrected chi connectivity index (χ4v) is 1.87. The van der Waals surface area contributed by atoms with Crippen LogP contribution in [0.4, 0.5) is 5.95 Å². The number of para-hydroxylation sites is 1. The molecule has 2 aromatic rings. The molecule has 0 saturated carbocycles. The second kappa shape index (κ2) is 6.73. The molecule has 1 aromatic heterocycles. The second-order valence-corrected chi connectivity index (χ2v) is 5.07. The Morgan fingerprint density at radius 1 is 1.37 bits per heavy atom. The van der Waals surface area contributed by atoms with Crippen molar-refractivity contribution < 1.29 is 4.74 Å². The van der Waals surface area contributed by atoms with Gasteiger partial charge < -0.3 is 10.1 Å².